The molecule has 0 bridgehead atoms. The van der Waals surface area contributed by atoms with Crippen molar-refractivity contribution in [3.05, 3.63) is 34.9 Å². The highest BCUT2D eigenvalue weighted by molar-refractivity contribution is 6.30. The molecular weight excluding hydrogens is 268 g/mol. The van der Waals surface area contributed by atoms with E-state index in [-0.39, 0.29) is 0 Å². The third kappa shape index (κ3) is 4.21. The molecule has 3 heteroatoms. The van der Waals surface area contributed by atoms with E-state index in [1.54, 1.807) is 0 Å². The van der Waals surface area contributed by atoms with Gasteiger partial charge < -0.3 is 5.32 Å². The smallest absolute Gasteiger partial charge is 0.0409 e. The maximum absolute atomic E-state index is 6.14. The largest absolute Gasteiger partial charge is 0.317 e. The summed E-state index contributed by atoms with van der Waals surface area (Å²) in [5.41, 5.74) is 1.32. The van der Waals surface area contributed by atoms with Gasteiger partial charge in [0.2, 0.25) is 0 Å². The maximum atomic E-state index is 6.14. The third-order valence-corrected chi connectivity index (χ3v) is 4.65. The lowest BCUT2D eigenvalue weighted by molar-refractivity contribution is 0.125. The Morgan fingerprint density at radius 3 is 2.55 bits per heavy atom. The third-order valence-electron chi connectivity index (χ3n) is 4.42. The van der Waals surface area contributed by atoms with Gasteiger partial charge in [0.25, 0.3) is 0 Å². The second-order valence-corrected chi connectivity index (χ2v) is 6.65. The van der Waals surface area contributed by atoms with Crippen LogP contribution in [0.15, 0.2) is 24.3 Å². The lowest BCUT2D eigenvalue weighted by Crippen LogP contribution is -2.40. The SMILES string of the molecule is CC(C)N(CC1CCNCC1)C(C)c1cccc(Cl)c1. The minimum absolute atomic E-state index is 0.420. The molecule has 1 fully saturated rings. The molecule has 2 rings (SSSR count). The molecule has 1 N–H and O–H groups in total. The van der Waals surface area contributed by atoms with Gasteiger partial charge >= 0.3 is 0 Å². The molecule has 1 aromatic carbocycles. The van der Waals surface area contributed by atoms with E-state index < -0.39 is 0 Å². The minimum Gasteiger partial charge on any atom is -0.317 e. The summed E-state index contributed by atoms with van der Waals surface area (Å²) < 4.78 is 0. The van der Waals surface area contributed by atoms with Gasteiger partial charge in [0.15, 0.2) is 0 Å². The summed E-state index contributed by atoms with van der Waals surface area (Å²) in [5, 5.41) is 4.28. The van der Waals surface area contributed by atoms with Crippen molar-refractivity contribution in [2.45, 2.75) is 45.7 Å². The monoisotopic (exact) mass is 294 g/mol. The zero-order valence-corrected chi connectivity index (χ0v) is 13.7. The van der Waals surface area contributed by atoms with Crippen molar-refractivity contribution < 1.29 is 0 Å². The Morgan fingerprint density at radius 2 is 1.95 bits per heavy atom. The highest BCUT2D eigenvalue weighted by Gasteiger charge is 2.23. The molecule has 1 aromatic rings. The topological polar surface area (TPSA) is 15.3 Å². The molecule has 0 saturated carbocycles. The van der Waals surface area contributed by atoms with Crippen molar-refractivity contribution in [3.8, 4) is 0 Å². The molecule has 1 saturated heterocycles. The first-order chi connectivity index (χ1) is 9.58. The van der Waals surface area contributed by atoms with Crippen LogP contribution in [0.5, 0.6) is 0 Å². The first kappa shape index (κ1) is 15.8. The molecule has 2 nitrogen and oxygen atoms in total. The van der Waals surface area contributed by atoms with E-state index in [2.05, 4.69) is 49.2 Å². The summed E-state index contributed by atoms with van der Waals surface area (Å²) in [4.78, 5) is 2.61. The predicted octanol–water partition coefficient (Wildman–Crippen LogP) is 4.11. The second-order valence-electron chi connectivity index (χ2n) is 6.21. The Morgan fingerprint density at radius 1 is 1.25 bits per heavy atom. The summed E-state index contributed by atoms with van der Waals surface area (Å²) in [6.45, 7) is 10.4. The average molecular weight is 295 g/mol. The summed E-state index contributed by atoms with van der Waals surface area (Å²) in [6, 6.07) is 9.27. The fourth-order valence-corrected chi connectivity index (χ4v) is 3.34. The van der Waals surface area contributed by atoms with Gasteiger partial charge in [-0.25, -0.2) is 0 Å². The van der Waals surface area contributed by atoms with E-state index >= 15 is 0 Å². The summed E-state index contributed by atoms with van der Waals surface area (Å²) in [7, 11) is 0. The molecule has 1 aliphatic rings. The van der Waals surface area contributed by atoms with Gasteiger partial charge in [0, 0.05) is 23.7 Å². The maximum Gasteiger partial charge on any atom is 0.0409 e. The number of nitrogens with one attached hydrogen (secondary N) is 1. The van der Waals surface area contributed by atoms with E-state index in [0.717, 1.165) is 10.9 Å². The Labute approximate surface area is 128 Å². The fourth-order valence-electron chi connectivity index (χ4n) is 3.14. The molecule has 0 radical (unpaired) electrons. The van der Waals surface area contributed by atoms with Crippen molar-refractivity contribution in [2.24, 2.45) is 5.92 Å². The van der Waals surface area contributed by atoms with Crippen LogP contribution in [0, 0.1) is 5.92 Å². The van der Waals surface area contributed by atoms with Crippen LogP contribution in [0.2, 0.25) is 5.02 Å². The number of hydrogen-bond acceptors (Lipinski definition) is 2. The van der Waals surface area contributed by atoms with Crippen LogP contribution in [-0.4, -0.2) is 30.6 Å². The van der Waals surface area contributed by atoms with Crippen molar-refractivity contribution in [3.63, 3.8) is 0 Å². The number of halogens is 1. The minimum atomic E-state index is 0.420. The van der Waals surface area contributed by atoms with E-state index in [4.69, 9.17) is 11.6 Å². The van der Waals surface area contributed by atoms with E-state index in [9.17, 15) is 0 Å². The van der Waals surface area contributed by atoms with Crippen molar-refractivity contribution in [1.82, 2.24) is 10.2 Å². The Balaban J connectivity index is 2.07. The molecular formula is C17H27ClN2. The first-order valence-corrected chi connectivity index (χ1v) is 8.17. The van der Waals surface area contributed by atoms with Crippen LogP contribution >= 0.6 is 11.6 Å². The number of piperidine rings is 1. The number of benzene rings is 1. The number of rotatable bonds is 5. The van der Waals surface area contributed by atoms with Gasteiger partial charge in [0.1, 0.15) is 0 Å². The van der Waals surface area contributed by atoms with Crippen molar-refractivity contribution in [2.75, 3.05) is 19.6 Å². The molecule has 0 aromatic heterocycles. The molecule has 0 spiro atoms. The summed E-state index contributed by atoms with van der Waals surface area (Å²) >= 11 is 6.14. The molecule has 1 atom stereocenters. The van der Waals surface area contributed by atoms with Gasteiger partial charge in [0.05, 0.1) is 0 Å². The van der Waals surface area contributed by atoms with Crippen LogP contribution in [0.25, 0.3) is 0 Å². The molecule has 1 aliphatic heterocycles. The number of nitrogens with zero attached hydrogens (tertiary/aromatic N) is 1. The Bertz CT molecular complexity index is 413. The van der Waals surface area contributed by atoms with Gasteiger partial charge in [-0.05, 0) is 70.3 Å². The van der Waals surface area contributed by atoms with Crippen LogP contribution < -0.4 is 5.32 Å². The molecule has 0 aliphatic carbocycles. The highest BCUT2D eigenvalue weighted by atomic mass is 35.5. The molecule has 112 valence electrons. The van der Waals surface area contributed by atoms with Gasteiger partial charge in [-0.3, -0.25) is 4.90 Å². The zero-order valence-electron chi connectivity index (χ0n) is 12.9. The van der Waals surface area contributed by atoms with Crippen LogP contribution in [-0.2, 0) is 0 Å². The standard InChI is InChI=1S/C17H27ClN2/c1-13(2)20(12-15-7-9-19-10-8-15)14(3)16-5-4-6-17(18)11-16/h4-6,11,13-15,19H,7-10,12H2,1-3H3. The lowest BCUT2D eigenvalue weighted by Gasteiger charge is -2.37. The highest BCUT2D eigenvalue weighted by Crippen LogP contribution is 2.27. The van der Waals surface area contributed by atoms with Crippen molar-refractivity contribution >= 4 is 11.6 Å². The van der Waals surface area contributed by atoms with Crippen LogP contribution in [0.1, 0.15) is 45.2 Å². The zero-order chi connectivity index (χ0) is 14.5. The molecule has 0 amide bonds. The predicted molar refractivity (Wildman–Crippen MR) is 87.3 cm³/mol. The molecule has 1 heterocycles. The van der Waals surface area contributed by atoms with Crippen LogP contribution in [0.4, 0.5) is 0 Å². The van der Waals surface area contributed by atoms with Crippen LogP contribution in [0.3, 0.4) is 0 Å². The first-order valence-electron chi connectivity index (χ1n) is 7.80. The quantitative estimate of drug-likeness (QED) is 0.879. The molecule has 1 unspecified atom stereocenters. The summed E-state index contributed by atoms with van der Waals surface area (Å²) in [6.07, 6.45) is 2.59. The lowest BCUT2D eigenvalue weighted by atomic mass is 9.95. The molecule has 20 heavy (non-hydrogen) atoms. The fraction of sp³-hybridized carbons (Fsp3) is 0.647. The van der Waals surface area contributed by atoms with Gasteiger partial charge in [-0.1, -0.05) is 23.7 Å². The van der Waals surface area contributed by atoms with E-state index in [1.165, 1.54) is 38.0 Å². The number of hydrogen-bond donors (Lipinski definition) is 1. The normalized spacial score (nSPS) is 18.7. The summed E-state index contributed by atoms with van der Waals surface area (Å²) in [5.74, 6) is 0.820. The van der Waals surface area contributed by atoms with E-state index in [1.807, 2.05) is 6.07 Å². The van der Waals surface area contributed by atoms with Gasteiger partial charge in [-0.2, -0.15) is 0 Å². The van der Waals surface area contributed by atoms with Gasteiger partial charge in [-0.15, -0.1) is 0 Å². The van der Waals surface area contributed by atoms with E-state index in [0.29, 0.717) is 12.1 Å². The Kier molecular flexibility index (Phi) is 5.88. The average Bonchev–Trinajstić information content (AvgIpc) is 2.45. The second kappa shape index (κ2) is 7.44. The van der Waals surface area contributed by atoms with Crippen molar-refractivity contribution in [1.29, 1.82) is 0 Å². The Hall–Kier alpha value is -0.570.